The van der Waals surface area contributed by atoms with Gasteiger partial charge in [-0.05, 0) is 38.8 Å². The summed E-state index contributed by atoms with van der Waals surface area (Å²) in [5.74, 6) is -0.499. The van der Waals surface area contributed by atoms with Crippen LogP contribution >= 0.6 is 0 Å². The van der Waals surface area contributed by atoms with Crippen molar-refractivity contribution < 1.29 is 14.3 Å². The van der Waals surface area contributed by atoms with Crippen molar-refractivity contribution in [2.45, 2.75) is 45.1 Å². The summed E-state index contributed by atoms with van der Waals surface area (Å²) in [6, 6.07) is 3.59. The Morgan fingerprint density at radius 1 is 1.24 bits per heavy atom. The van der Waals surface area contributed by atoms with Gasteiger partial charge < -0.3 is 9.64 Å². The average molecular weight is 290 g/mol. The van der Waals surface area contributed by atoms with Gasteiger partial charge in [0.05, 0.1) is 18.4 Å². The molecule has 0 N–H and O–H groups in total. The van der Waals surface area contributed by atoms with Gasteiger partial charge in [0.2, 0.25) is 0 Å². The number of nitrogens with zero attached hydrogens (tertiary/aromatic N) is 2. The molecule has 0 radical (unpaired) electrons. The van der Waals surface area contributed by atoms with Gasteiger partial charge in [-0.3, -0.25) is 9.78 Å². The fraction of sp³-hybridized carbons (Fsp3) is 0.562. The number of carbonyl (C=O) groups is 2. The van der Waals surface area contributed by atoms with Crippen LogP contribution in [-0.2, 0) is 9.53 Å². The van der Waals surface area contributed by atoms with Gasteiger partial charge in [-0.1, -0.05) is 12.8 Å². The maximum absolute atomic E-state index is 12.8. The van der Waals surface area contributed by atoms with Gasteiger partial charge in [0, 0.05) is 12.7 Å². The van der Waals surface area contributed by atoms with Gasteiger partial charge in [0.15, 0.2) is 0 Å². The smallest absolute Gasteiger partial charge is 0.331 e. The molecular formula is C16H22N2O3. The fourth-order valence-corrected chi connectivity index (χ4v) is 3.11. The second-order valence-corrected chi connectivity index (χ2v) is 5.68. The van der Waals surface area contributed by atoms with E-state index in [0.29, 0.717) is 24.1 Å². The third-order valence-corrected chi connectivity index (χ3v) is 4.40. The quantitative estimate of drug-likeness (QED) is 0.801. The maximum atomic E-state index is 12.8. The fourth-order valence-electron chi connectivity index (χ4n) is 3.11. The minimum absolute atomic E-state index is 0.174. The lowest BCUT2D eigenvalue weighted by atomic mass is 9.94. The molecule has 0 aromatic carbocycles. The topological polar surface area (TPSA) is 59.5 Å². The number of amides is 1. The van der Waals surface area contributed by atoms with E-state index in [4.69, 9.17) is 4.74 Å². The minimum Gasteiger partial charge on any atom is -0.467 e. The van der Waals surface area contributed by atoms with Crippen LogP contribution in [-0.4, -0.2) is 41.5 Å². The summed E-state index contributed by atoms with van der Waals surface area (Å²) in [7, 11) is 3.06. The van der Waals surface area contributed by atoms with Crippen LogP contribution in [0.5, 0.6) is 0 Å². The van der Waals surface area contributed by atoms with Crippen LogP contribution < -0.4 is 0 Å². The number of carbonyl (C=O) groups excluding carboxylic acids is 2. The summed E-state index contributed by atoms with van der Waals surface area (Å²) >= 11 is 0. The van der Waals surface area contributed by atoms with E-state index < -0.39 is 5.54 Å². The summed E-state index contributed by atoms with van der Waals surface area (Å²) in [4.78, 5) is 30.9. The third kappa shape index (κ3) is 2.64. The highest BCUT2D eigenvalue weighted by molar-refractivity contribution is 5.98. The van der Waals surface area contributed by atoms with E-state index in [1.54, 1.807) is 18.0 Å². The minimum atomic E-state index is -0.830. The normalized spacial score (nSPS) is 16.6. The summed E-state index contributed by atoms with van der Waals surface area (Å²) in [6.45, 7) is 3.70. The van der Waals surface area contributed by atoms with Crippen LogP contribution in [0.4, 0.5) is 0 Å². The van der Waals surface area contributed by atoms with Gasteiger partial charge in [-0.15, -0.1) is 0 Å². The highest BCUT2D eigenvalue weighted by Gasteiger charge is 2.48. The molecule has 0 bridgehead atoms. The van der Waals surface area contributed by atoms with Crippen LogP contribution in [0.3, 0.4) is 0 Å². The molecule has 5 heteroatoms. The summed E-state index contributed by atoms with van der Waals surface area (Å²) < 4.78 is 4.95. The van der Waals surface area contributed by atoms with E-state index in [1.807, 2.05) is 19.9 Å². The van der Waals surface area contributed by atoms with Crippen LogP contribution in [0.1, 0.15) is 47.4 Å². The van der Waals surface area contributed by atoms with E-state index in [1.165, 1.54) is 7.11 Å². The lowest BCUT2D eigenvalue weighted by molar-refractivity contribution is -0.152. The van der Waals surface area contributed by atoms with Gasteiger partial charge in [-0.2, -0.15) is 0 Å². The zero-order valence-corrected chi connectivity index (χ0v) is 13.1. The number of likely N-dealkylation sites (N-methyl/N-ethyl adjacent to an activating group) is 1. The van der Waals surface area contributed by atoms with Crippen molar-refractivity contribution >= 4 is 11.9 Å². The highest BCUT2D eigenvalue weighted by Crippen LogP contribution is 2.36. The van der Waals surface area contributed by atoms with E-state index >= 15 is 0 Å². The van der Waals surface area contributed by atoms with Crippen molar-refractivity contribution in [3.05, 3.63) is 29.1 Å². The predicted octanol–water partition coefficient (Wildman–Crippen LogP) is 2.26. The zero-order valence-electron chi connectivity index (χ0n) is 13.1. The first kappa shape index (κ1) is 15.5. The second kappa shape index (κ2) is 5.84. The van der Waals surface area contributed by atoms with E-state index in [2.05, 4.69) is 4.98 Å². The molecule has 5 nitrogen and oxygen atoms in total. The molecule has 1 amide bonds. The number of aryl methyl sites for hydroxylation is 2. The van der Waals surface area contributed by atoms with Gasteiger partial charge in [0.1, 0.15) is 5.54 Å². The molecule has 114 valence electrons. The van der Waals surface area contributed by atoms with Crippen LogP contribution in [0, 0.1) is 13.8 Å². The molecule has 0 atom stereocenters. The standard InChI is InChI=1S/C16H22N2O3/c1-11-7-8-13(12(2)17-11)14(19)18(3)16(15(20)21-4)9-5-6-10-16/h7-8H,5-6,9-10H2,1-4H3. The molecule has 1 aromatic heterocycles. The summed E-state index contributed by atoms with van der Waals surface area (Å²) in [5.41, 5.74) is 1.27. The first-order chi connectivity index (χ1) is 9.92. The lowest BCUT2D eigenvalue weighted by Crippen LogP contribution is -2.54. The zero-order chi connectivity index (χ0) is 15.6. The number of methoxy groups -OCH3 is 1. The average Bonchev–Trinajstić information content (AvgIpc) is 2.95. The molecule has 1 aliphatic carbocycles. The van der Waals surface area contributed by atoms with Crippen molar-refractivity contribution in [1.29, 1.82) is 0 Å². The summed E-state index contributed by atoms with van der Waals surface area (Å²) in [5, 5.41) is 0. The molecule has 1 fully saturated rings. The number of pyridine rings is 1. The summed E-state index contributed by atoms with van der Waals surface area (Å²) in [6.07, 6.45) is 3.16. The van der Waals surface area contributed by atoms with Crippen LogP contribution in [0.25, 0.3) is 0 Å². The van der Waals surface area contributed by atoms with Crippen molar-refractivity contribution in [2.24, 2.45) is 0 Å². The van der Waals surface area contributed by atoms with Crippen molar-refractivity contribution in [1.82, 2.24) is 9.88 Å². The molecule has 0 unspecified atom stereocenters. The number of hydrogen-bond donors (Lipinski definition) is 0. The van der Waals surface area contributed by atoms with E-state index in [9.17, 15) is 9.59 Å². The second-order valence-electron chi connectivity index (χ2n) is 5.68. The molecule has 0 aliphatic heterocycles. The monoisotopic (exact) mass is 290 g/mol. The SMILES string of the molecule is COC(=O)C1(N(C)C(=O)c2ccc(C)nc2C)CCCC1. The largest absolute Gasteiger partial charge is 0.467 e. The van der Waals surface area contributed by atoms with Crippen LogP contribution in [0.2, 0.25) is 0 Å². The molecule has 1 aromatic rings. The number of ether oxygens (including phenoxy) is 1. The highest BCUT2D eigenvalue weighted by atomic mass is 16.5. The Bertz CT molecular complexity index is 563. The van der Waals surface area contributed by atoms with E-state index in [-0.39, 0.29) is 11.9 Å². The molecule has 1 heterocycles. The Hall–Kier alpha value is -1.91. The molecule has 1 aliphatic rings. The van der Waals surface area contributed by atoms with Crippen LogP contribution in [0.15, 0.2) is 12.1 Å². The number of hydrogen-bond acceptors (Lipinski definition) is 4. The first-order valence-electron chi connectivity index (χ1n) is 7.23. The predicted molar refractivity (Wildman–Crippen MR) is 79.0 cm³/mol. The Balaban J connectivity index is 2.35. The third-order valence-electron chi connectivity index (χ3n) is 4.40. The van der Waals surface area contributed by atoms with E-state index in [0.717, 1.165) is 18.5 Å². The van der Waals surface area contributed by atoms with Gasteiger partial charge in [0.25, 0.3) is 5.91 Å². The molecular weight excluding hydrogens is 268 g/mol. The molecule has 2 rings (SSSR count). The molecule has 0 spiro atoms. The number of rotatable bonds is 3. The maximum Gasteiger partial charge on any atom is 0.331 e. The lowest BCUT2D eigenvalue weighted by Gasteiger charge is -2.36. The van der Waals surface area contributed by atoms with Crippen molar-refractivity contribution in [3.8, 4) is 0 Å². The first-order valence-corrected chi connectivity index (χ1v) is 7.23. The Morgan fingerprint density at radius 2 is 1.86 bits per heavy atom. The van der Waals surface area contributed by atoms with Gasteiger partial charge in [-0.25, -0.2) is 4.79 Å². The van der Waals surface area contributed by atoms with Crippen molar-refractivity contribution in [3.63, 3.8) is 0 Å². The number of esters is 1. The van der Waals surface area contributed by atoms with Gasteiger partial charge >= 0.3 is 5.97 Å². The molecule has 21 heavy (non-hydrogen) atoms. The Kier molecular flexibility index (Phi) is 4.30. The number of aromatic nitrogens is 1. The molecule has 1 saturated carbocycles. The molecule has 0 saturated heterocycles. The Labute approximate surface area is 125 Å². The van der Waals surface area contributed by atoms with Crippen molar-refractivity contribution in [2.75, 3.05) is 14.2 Å². The Morgan fingerprint density at radius 3 is 2.38 bits per heavy atom.